The van der Waals surface area contributed by atoms with Gasteiger partial charge in [0.1, 0.15) is 5.75 Å². The molecule has 110 valence electrons. The summed E-state index contributed by atoms with van der Waals surface area (Å²) < 4.78 is 5.81. The highest BCUT2D eigenvalue weighted by atomic mass is 79.9. The van der Waals surface area contributed by atoms with E-state index in [1.54, 1.807) is 0 Å². The Bertz CT molecular complexity index is 572. The van der Waals surface area contributed by atoms with Gasteiger partial charge in [0.05, 0.1) is 5.69 Å². The average Bonchev–Trinajstić information content (AvgIpc) is 2.51. The average molecular weight is 348 g/mol. The van der Waals surface area contributed by atoms with Crippen LogP contribution in [0.5, 0.6) is 11.5 Å². The molecule has 0 radical (unpaired) electrons. The first-order valence-corrected chi connectivity index (χ1v) is 8.09. The molecule has 2 aromatic carbocycles. The third-order valence-corrected chi connectivity index (χ3v) is 3.48. The van der Waals surface area contributed by atoms with Gasteiger partial charge in [0, 0.05) is 11.8 Å². The lowest BCUT2D eigenvalue weighted by Crippen LogP contribution is -2.11. The molecule has 2 aromatic rings. The van der Waals surface area contributed by atoms with Gasteiger partial charge in [0.25, 0.3) is 0 Å². The number of alkyl halides is 1. The molecule has 1 N–H and O–H groups in total. The van der Waals surface area contributed by atoms with Crippen molar-refractivity contribution in [2.75, 3.05) is 10.6 Å². The van der Waals surface area contributed by atoms with E-state index in [1.807, 2.05) is 54.6 Å². The molecule has 0 saturated heterocycles. The second-order valence-corrected chi connectivity index (χ2v) is 5.40. The number of amides is 1. The number of carbonyl (C=O) groups excluding carboxylic acids is 1. The van der Waals surface area contributed by atoms with Crippen molar-refractivity contribution >= 4 is 27.5 Å². The maximum atomic E-state index is 11.9. The summed E-state index contributed by atoms with van der Waals surface area (Å²) in [6, 6.07) is 17.0. The quantitative estimate of drug-likeness (QED) is 0.566. The van der Waals surface area contributed by atoms with E-state index in [9.17, 15) is 4.79 Å². The van der Waals surface area contributed by atoms with Gasteiger partial charge < -0.3 is 10.1 Å². The van der Waals surface area contributed by atoms with Crippen LogP contribution in [0.4, 0.5) is 5.69 Å². The first-order chi connectivity index (χ1) is 10.3. The van der Waals surface area contributed by atoms with Gasteiger partial charge in [-0.05, 0) is 37.1 Å². The summed E-state index contributed by atoms with van der Waals surface area (Å²) in [6.07, 6.45) is 2.39. The minimum absolute atomic E-state index is 0.0139. The van der Waals surface area contributed by atoms with E-state index in [4.69, 9.17) is 4.74 Å². The summed E-state index contributed by atoms with van der Waals surface area (Å²) in [7, 11) is 0. The molecule has 0 heterocycles. The van der Waals surface area contributed by atoms with Gasteiger partial charge in [0.2, 0.25) is 5.91 Å². The maximum absolute atomic E-state index is 11.9. The molecule has 1 amide bonds. The number of carbonyl (C=O) groups is 1. The lowest BCUT2D eigenvalue weighted by molar-refractivity contribution is -0.116. The summed E-state index contributed by atoms with van der Waals surface area (Å²) >= 11 is 3.36. The molecule has 4 heteroatoms. The first-order valence-electron chi connectivity index (χ1n) is 6.97. The summed E-state index contributed by atoms with van der Waals surface area (Å²) in [5, 5.41) is 3.84. The standard InChI is InChI=1S/C17H18BrNO2/c18-13-7-6-12-17(20)19-15-10-4-5-11-16(15)21-14-8-2-1-3-9-14/h1-5,8-11H,6-7,12-13H2,(H,19,20). The topological polar surface area (TPSA) is 38.3 Å². The Labute approximate surface area is 133 Å². The van der Waals surface area contributed by atoms with Crippen LogP contribution in [0.15, 0.2) is 54.6 Å². The smallest absolute Gasteiger partial charge is 0.224 e. The van der Waals surface area contributed by atoms with Crippen LogP contribution in [-0.2, 0) is 4.79 Å². The zero-order chi connectivity index (χ0) is 14.9. The van der Waals surface area contributed by atoms with Crippen molar-refractivity contribution in [3.05, 3.63) is 54.6 Å². The normalized spacial score (nSPS) is 10.1. The fourth-order valence-electron chi connectivity index (χ4n) is 1.87. The molecular formula is C17H18BrNO2. The monoisotopic (exact) mass is 347 g/mol. The fourth-order valence-corrected chi connectivity index (χ4v) is 2.26. The van der Waals surface area contributed by atoms with E-state index in [0.717, 1.165) is 23.9 Å². The lowest BCUT2D eigenvalue weighted by atomic mass is 10.2. The number of hydrogen-bond donors (Lipinski definition) is 1. The first kappa shape index (κ1) is 15.6. The number of halogens is 1. The van der Waals surface area contributed by atoms with Crippen LogP contribution < -0.4 is 10.1 Å². The van der Waals surface area contributed by atoms with Crippen molar-refractivity contribution in [1.29, 1.82) is 0 Å². The van der Waals surface area contributed by atoms with E-state index in [-0.39, 0.29) is 5.91 Å². The highest BCUT2D eigenvalue weighted by molar-refractivity contribution is 9.09. The van der Waals surface area contributed by atoms with E-state index in [2.05, 4.69) is 21.2 Å². The van der Waals surface area contributed by atoms with Crippen molar-refractivity contribution in [1.82, 2.24) is 0 Å². The minimum atomic E-state index is 0.0139. The van der Waals surface area contributed by atoms with Gasteiger partial charge in [-0.25, -0.2) is 0 Å². The number of para-hydroxylation sites is 3. The molecule has 0 aromatic heterocycles. The second kappa shape index (κ2) is 8.47. The van der Waals surface area contributed by atoms with E-state index >= 15 is 0 Å². The Morgan fingerprint density at radius 1 is 1.00 bits per heavy atom. The number of unbranched alkanes of at least 4 members (excludes halogenated alkanes) is 1. The molecular weight excluding hydrogens is 330 g/mol. The molecule has 3 nitrogen and oxygen atoms in total. The summed E-state index contributed by atoms with van der Waals surface area (Å²) in [6.45, 7) is 0. The highest BCUT2D eigenvalue weighted by Gasteiger charge is 2.08. The van der Waals surface area contributed by atoms with Gasteiger partial charge in [-0.1, -0.05) is 46.3 Å². The predicted octanol–water partition coefficient (Wildman–Crippen LogP) is 4.98. The third-order valence-electron chi connectivity index (χ3n) is 2.92. The van der Waals surface area contributed by atoms with Crippen LogP contribution >= 0.6 is 15.9 Å². The van der Waals surface area contributed by atoms with Crippen LogP contribution in [0.1, 0.15) is 19.3 Å². The Balaban J connectivity index is 2.01. The zero-order valence-corrected chi connectivity index (χ0v) is 13.3. The summed E-state index contributed by atoms with van der Waals surface area (Å²) in [5.41, 5.74) is 0.699. The molecule has 0 atom stereocenters. The van der Waals surface area contributed by atoms with E-state index in [1.165, 1.54) is 0 Å². The van der Waals surface area contributed by atoms with E-state index < -0.39 is 0 Å². The number of nitrogens with one attached hydrogen (secondary N) is 1. The Kier molecular flexibility index (Phi) is 6.28. The molecule has 0 aliphatic rings. The number of benzene rings is 2. The number of anilines is 1. The molecule has 0 aliphatic heterocycles. The number of hydrogen-bond acceptors (Lipinski definition) is 2. The molecule has 0 bridgehead atoms. The van der Waals surface area contributed by atoms with Crippen LogP contribution in [0.25, 0.3) is 0 Å². The predicted molar refractivity (Wildman–Crippen MR) is 89.2 cm³/mol. The van der Waals surface area contributed by atoms with E-state index in [0.29, 0.717) is 17.9 Å². The summed E-state index contributed by atoms with van der Waals surface area (Å²) in [5.74, 6) is 1.41. The molecule has 0 aliphatic carbocycles. The van der Waals surface area contributed by atoms with Crippen LogP contribution in [-0.4, -0.2) is 11.2 Å². The van der Waals surface area contributed by atoms with Crippen molar-refractivity contribution in [3.63, 3.8) is 0 Å². The fraction of sp³-hybridized carbons (Fsp3) is 0.235. The second-order valence-electron chi connectivity index (χ2n) is 4.61. The molecule has 0 spiro atoms. The molecule has 0 saturated carbocycles. The van der Waals surface area contributed by atoms with Gasteiger partial charge in [-0.2, -0.15) is 0 Å². The summed E-state index contributed by atoms with van der Waals surface area (Å²) in [4.78, 5) is 11.9. The van der Waals surface area contributed by atoms with Crippen LogP contribution in [0, 0.1) is 0 Å². The van der Waals surface area contributed by atoms with Crippen LogP contribution in [0.2, 0.25) is 0 Å². The van der Waals surface area contributed by atoms with Gasteiger partial charge in [-0.15, -0.1) is 0 Å². The SMILES string of the molecule is O=C(CCCCBr)Nc1ccccc1Oc1ccccc1. The third kappa shape index (κ3) is 5.23. The van der Waals surface area contributed by atoms with Crippen LogP contribution in [0.3, 0.4) is 0 Å². The lowest BCUT2D eigenvalue weighted by Gasteiger charge is -2.12. The van der Waals surface area contributed by atoms with Gasteiger partial charge in [-0.3, -0.25) is 4.79 Å². The van der Waals surface area contributed by atoms with Gasteiger partial charge >= 0.3 is 0 Å². The largest absolute Gasteiger partial charge is 0.455 e. The number of ether oxygens (including phenoxy) is 1. The minimum Gasteiger partial charge on any atom is -0.455 e. The number of rotatable bonds is 7. The van der Waals surface area contributed by atoms with Gasteiger partial charge in [0.15, 0.2) is 5.75 Å². The molecule has 21 heavy (non-hydrogen) atoms. The maximum Gasteiger partial charge on any atom is 0.224 e. The Hall–Kier alpha value is -1.81. The molecule has 2 rings (SSSR count). The molecule has 0 unspecified atom stereocenters. The highest BCUT2D eigenvalue weighted by Crippen LogP contribution is 2.29. The Morgan fingerprint density at radius 3 is 2.48 bits per heavy atom. The Morgan fingerprint density at radius 2 is 1.71 bits per heavy atom. The molecule has 0 fully saturated rings. The van der Waals surface area contributed by atoms with Crippen molar-refractivity contribution in [3.8, 4) is 11.5 Å². The van der Waals surface area contributed by atoms with Crippen molar-refractivity contribution in [2.45, 2.75) is 19.3 Å². The zero-order valence-electron chi connectivity index (χ0n) is 11.7. The van der Waals surface area contributed by atoms with Crippen molar-refractivity contribution < 1.29 is 9.53 Å². The van der Waals surface area contributed by atoms with Crippen molar-refractivity contribution in [2.24, 2.45) is 0 Å².